The van der Waals surface area contributed by atoms with Crippen molar-refractivity contribution >= 4 is 28.3 Å². The molecule has 0 radical (unpaired) electrons. The van der Waals surface area contributed by atoms with E-state index in [0.29, 0.717) is 0 Å². The van der Waals surface area contributed by atoms with Gasteiger partial charge in [-0.25, -0.2) is 4.98 Å². The first-order valence-corrected chi connectivity index (χ1v) is 9.66. The molecule has 1 amide bonds. The Morgan fingerprint density at radius 2 is 1.92 bits per heavy atom. The molecule has 3 aromatic rings. The normalized spacial score (nSPS) is 15.7. The molecule has 0 atom stereocenters. The van der Waals surface area contributed by atoms with Crippen molar-refractivity contribution in [2.75, 3.05) is 24.5 Å². The summed E-state index contributed by atoms with van der Waals surface area (Å²) in [6.07, 6.45) is 6.03. The third kappa shape index (κ3) is 3.14. The maximum Gasteiger partial charge on any atom is 0.223 e. The van der Waals surface area contributed by atoms with Crippen LogP contribution in [0.1, 0.15) is 32.6 Å². The lowest BCUT2D eigenvalue weighted by Crippen LogP contribution is -2.41. The Bertz CT molecular complexity index is 909. The lowest BCUT2D eigenvalue weighted by molar-refractivity contribution is -0.125. The topological polar surface area (TPSA) is 49.6 Å². The molecule has 1 fully saturated rings. The number of fused-ring (bicyclic) bond motifs is 3. The summed E-state index contributed by atoms with van der Waals surface area (Å²) in [5, 5.41) is 3.08. The van der Waals surface area contributed by atoms with Crippen molar-refractivity contribution in [2.45, 2.75) is 32.6 Å². The van der Waals surface area contributed by atoms with Crippen molar-refractivity contribution in [2.24, 2.45) is 5.92 Å². The van der Waals surface area contributed by atoms with Crippen LogP contribution < -0.4 is 10.2 Å². The van der Waals surface area contributed by atoms with Crippen LogP contribution in [-0.2, 0) is 4.79 Å². The van der Waals surface area contributed by atoms with Gasteiger partial charge in [-0.3, -0.25) is 4.79 Å². The number of hydrogen-bond donors (Lipinski definition) is 1. The Morgan fingerprint density at radius 3 is 2.73 bits per heavy atom. The Morgan fingerprint density at radius 1 is 1.15 bits per heavy atom. The van der Waals surface area contributed by atoms with E-state index in [1.165, 1.54) is 0 Å². The standard InChI is InChI=1S/C21H26N4O/c1-2-3-12-22-21(26)16-10-14-24(15-11-16)20-19-9-6-13-25(19)18-8-5-4-7-17(18)23-20/h4-9,13,16H,2-3,10-12,14-15H2,1H3,(H,22,26). The zero-order chi connectivity index (χ0) is 17.9. The van der Waals surface area contributed by atoms with E-state index < -0.39 is 0 Å². The first-order valence-electron chi connectivity index (χ1n) is 9.66. The highest BCUT2D eigenvalue weighted by Gasteiger charge is 2.26. The summed E-state index contributed by atoms with van der Waals surface area (Å²) >= 11 is 0. The minimum Gasteiger partial charge on any atom is -0.356 e. The number of anilines is 1. The van der Waals surface area contributed by atoms with Gasteiger partial charge in [-0.2, -0.15) is 0 Å². The third-order valence-corrected chi connectivity index (χ3v) is 5.34. The number of aromatic nitrogens is 2. The average Bonchev–Trinajstić information content (AvgIpc) is 3.18. The van der Waals surface area contributed by atoms with Crippen molar-refractivity contribution < 1.29 is 4.79 Å². The molecular weight excluding hydrogens is 324 g/mol. The second kappa shape index (κ2) is 7.36. The van der Waals surface area contributed by atoms with Crippen molar-refractivity contribution in [1.82, 2.24) is 14.7 Å². The molecule has 1 N–H and O–H groups in total. The van der Waals surface area contributed by atoms with Gasteiger partial charge in [0.05, 0.1) is 16.6 Å². The molecule has 1 aromatic carbocycles. The van der Waals surface area contributed by atoms with Crippen LogP contribution in [0.4, 0.5) is 5.82 Å². The molecule has 0 aliphatic carbocycles. The first-order chi connectivity index (χ1) is 12.8. The molecule has 0 unspecified atom stereocenters. The van der Waals surface area contributed by atoms with Gasteiger partial charge in [0.1, 0.15) is 0 Å². The number of carbonyl (C=O) groups is 1. The molecule has 1 aliphatic heterocycles. The fourth-order valence-corrected chi connectivity index (χ4v) is 3.83. The van der Waals surface area contributed by atoms with Gasteiger partial charge in [0.25, 0.3) is 0 Å². The van der Waals surface area contributed by atoms with Crippen molar-refractivity contribution in [3.8, 4) is 0 Å². The summed E-state index contributed by atoms with van der Waals surface area (Å²) < 4.78 is 2.21. The summed E-state index contributed by atoms with van der Waals surface area (Å²) in [6, 6.07) is 12.4. The van der Waals surface area contributed by atoms with E-state index in [1.54, 1.807) is 0 Å². The maximum atomic E-state index is 12.3. The van der Waals surface area contributed by atoms with Crippen LogP contribution in [0.2, 0.25) is 0 Å². The predicted octanol–water partition coefficient (Wildman–Crippen LogP) is 3.62. The molecule has 136 valence electrons. The number of carbonyl (C=O) groups excluding carboxylic acids is 1. The maximum absolute atomic E-state index is 12.3. The Balaban J connectivity index is 1.52. The van der Waals surface area contributed by atoms with E-state index >= 15 is 0 Å². The molecule has 4 rings (SSSR count). The highest BCUT2D eigenvalue weighted by molar-refractivity contribution is 5.85. The molecule has 1 aliphatic rings. The molecular formula is C21H26N4O. The van der Waals surface area contributed by atoms with Crippen LogP contribution in [-0.4, -0.2) is 34.9 Å². The van der Waals surface area contributed by atoms with Crippen LogP contribution in [0.25, 0.3) is 16.6 Å². The fourth-order valence-electron chi connectivity index (χ4n) is 3.83. The number of amides is 1. The van der Waals surface area contributed by atoms with E-state index in [0.717, 1.165) is 67.7 Å². The highest BCUT2D eigenvalue weighted by atomic mass is 16.1. The largest absolute Gasteiger partial charge is 0.356 e. The van der Waals surface area contributed by atoms with Crippen LogP contribution in [0, 0.1) is 5.92 Å². The van der Waals surface area contributed by atoms with E-state index in [-0.39, 0.29) is 11.8 Å². The number of unbranched alkanes of at least 4 members (excludes halogenated alkanes) is 1. The van der Waals surface area contributed by atoms with E-state index in [2.05, 4.69) is 52.0 Å². The molecule has 26 heavy (non-hydrogen) atoms. The van der Waals surface area contributed by atoms with Gasteiger partial charge in [-0.05, 0) is 43.5 Å². The van der Waals surface area contributed by atoms with Gasteiger partial charge in [0.15, 0.2) is 5.82 Å². The van der Waals surface area contributed by atoms with Crippen LogP contribution in [0.15, 0.2) is 42.6 Å². The van der Waals surface area contributed by atoms with Crippen LogP contribution in [0.3, 0.4) is 0 Å². The quantitative estimate of drug-likeness (QED) is 0.715. The van der Waals surface area contributed by atoms with E-state index in [4.69, 9.17) is 4.98 Å². The zero-order valence-electron chi connectivity index (χ0n) is 15.3. The molecule has 0 spiro atoms. The molecule has 1 saturated heterocycles. The molecule has 0 saturated carbocycles. The summed E-state index contributed by atoms with van der Waals surface area (Å²) in [4.78, 5) is 19.6. The van der Waals surface area contributed by atoms with Gasteiger partial charge < -0.3 is 14.6 Å². The van der Waals surface area contributed by atoms with Gasteiger partial charge in [-0.1, -0.05) is 25.5 Å². The number of rotatable bonds is 5. The summed E-state index contributed by atoms with van der Waals surface area (Å²) in [7, 11) is 0. The lowest BCUT2D eigenvalue weighted by Gasteiger charge is -2.32. The minimum absolute atomic E-state index is 0.131. The van der Waals surface area contributed by atoms with Gasteiger partial charge in [0.2, 0.25) is 5.91 Å². The number of hydrogen-bond acceptors (Lipinski definition) is 3. The van der Waals surface area contributed by atoms with E-state index in [1.807, 2.05) is 12.1 Å². The number of nitrogens with one attached hydrogen (secondary N) is 1. The monoisotopic (exact) mass is 350 g/mol. The molecule has 5 heteroatoms. The molecule has 0 bridgehead atoms. The number of para-hydroxylation sites is 2. The summed E-state index contributed by atoms with van der Waals surface area (Å²) in [5.41, 5.74) is 3.27. The first kappa shape index (κ1) is 16.9. The number of nitrogens with zero attached hydrogens (tertiary/aromatic N) is 3. The minimum atomic E-state index is 0.131. The van der Waals surface area contributed by atoms with Crippen molar-refractivity contribution in [3.63, 3.8) is 0 Å². The van der Waals surface area contributed by atoms with Gasteiger partial charge in [0, 0.05) is 31.7 Å². The smallest absolute Gasteiger partial charge is 0.223 e. The van der Waals surface area contributed by atoms with Crippen molar-refractivity contribution in [1.29, 1.82) is 0 Å². The second-order valence-electron chi connectivity index (χ2n) is 7.09. The van der Waals surface area contributed by atoms with E-state index in [9.17, 15) is 4.79 Å². The Labute approximate surface area is 154 Å². The second-order valence-corrected chi connectivity index (χ2v) is 7.09. The third-order valence-electron chi connectivity index (χ3n) is 5.34. The number of piperidine rings is 1. The molecule has 2 aromatic heterocycles. The molecule has 5 nitrogen and oxygen atoms in total. The highest BCUT2D eigenvalue weighted by Crippen LogP contribution is 2.28. The summed E-state index contributed by atoms with van der Waals surface area (Å²) in [6.45, 7) is 4.69. The van der Waals surface area contributed by atoms with Gasteiger partial charge in [-0.15, -0.1) is 0 Å². The van der Waals surface area contributed by atoms with Crippen LogP contribution in [0.5, 0.6) is 0 Å². The van der Waals surface area contributed by atoms with Crippen molar-refractivity contribution in [3.05, 3.63) is 42.6 Å². The lowest BCUT2D eigenvalue weighted by atomic mass is 9.96. The number of benzene rings is 1. The molecule has 3 heterocycles. The SMILES string of the molecule is CCCCNC(=O)C1CCN(c2nc3ccccc3n3cccc23)CC1. The van der Waals surface area contributed by atoms with Gasteiger partial charge >= 0.3 is 0 Å². The van der Waals surface area contributed by atoms with Crippen LogP contribution >= 0.6 is 0 Å². The fraction of sp³-hybridized carbons (Fsp3) is 0.429. The summed E-state index contributed by atoms with van der Waals surface area (Å²) in [5.74, 6) is 1.38. The average molecular weight is 350 g/mol. The Hall–Kier alpha value is -2.56. The predicted molar refractivity (Wildman–Crippen MR) is 106 cm³/mol. The zero-order valence-corrected chi connectivity index (χ0v) is 15.3. The Kier molecular flexibility index (Phi) is 4.78.